The van der Waals surface area contributed by atoms with E-state index in [1.807, 2.05) is 30.2 Å². The molecule has 19 heavy (non-hydrogen) atoms. The molecule has 1 aliphatic carbocycles. The average Bonchev–Trinajstić information content (AvgIpc) is 3.02. The Morgan fingerprint density at radius 1 is 1.47 bits per heavy atom. The van der Waals surface area contributed by atoms with Gasteiger partial charge in [0.1, 0.15) is 0 Å². The lowest BCUT2D eigenvalue weighted by molar-refractivity contribution is -0.133. The van der Waals surface area contributed by atoms with Crippen LogP contribution in [0.1, 0.15) is 42.8 Å². The fourth-order valence-electron chi connectivity index (χ4n) is 2.17. The van der Waals surface area contributed by atoms with E-state index in [0.717, 1.165) is 12.8 Å². The lowest BCUT2D eigenvalue weighted by Crippen LogP contribution is -2.40. The zero-order valence-electron chi connectivity index (χ0n) is 11.4. The van der Waals surface area contributed by atoms with E-state index in [9.17, 15) is 9.59 Å². The Morgan fingerprint density at radius 2 is 2.21 bits per heavy atom. The third-order valence-corrected chi connectivity index (χ3v) is 4.02. The molecule has 104 valence electrons. The third-order valence-electron chi connectivity index (χ3n) is 3.15. The standard InChI is InChI=1S/C14H20N2O2S/c1-10(2)16(11-5-6-11)13(17)7-8-15-14(18)12-4-3-9-19-12/h3-4,9-11H,5-8H2,1-2H3,(H,15,18). The van der Waals surface area contributed by atoms with Gasteiger partial charge in [-0.15, -0.1) is 11.3 Å². The van der Waals surface area contributed by atoms with E-state index in [0.29, 0.717) is 23.9 Å². The molecule has 1 saturated carbocycles. The second-order valence-corrected chi connectivity index (χ2v) is 6.06. The number of carbonyl (C=O) groups is 2. The van der Waals surface area contributed by atoms with Crippen LogP contribution in [0.2, 0.25) is 0 Å². The number of hydrogen-bond donors (Lipinski definition) is 1. The molecular weight excluding hydrogens is 260 g/mol. The van der Waals surface area contributed by atoms with E-state index in [2.05, 4.69) is 5.32 Å². The van der Waals surface area contributed by atoms with E-state index >= 15 is 0 Å². The fourth-order valence-corrected chi connectivity index (χ4v) is 2.81. The van der Waals surface area contributed by atoms with Crippen LogP contribution in [0.25, 0.3) is 0 Å². The van der Waals surface area contributed by atoms with Gasteiger partial charge in [0.2, 0.25) is 5.91 Å². The maximum absolute atomic E-state index is 12.1. The summed E-state index contributed by atoms with van der Waals surface area (Å²) >= 11 is 1.41. The third kappa shape index (κ3) is 3.80. The second kappa shape index (κ2) is 6.19. The largest absolute Gasteiger partial charge is 0.351 e. The summed E-state index contributed by atoms with van der Waals surface area (Å²) < 4.78 is 0. The van der Waals surface area contributed by atoms with Crippen molar-refractivity contribution in [2.24, 2.45) is 0 Å². The van der Waals surface area contributed by atoms with Crippen LogP contribution < -0.4 is 5.32 Å². The maximum atomic E-state index is 12.1. The van der Waals surface area contributed by atoms with Crippen molar-refractivity contribution in [2.75, 3.05) is 6.54 Å². The SMILES string of the molecule is CC(C)N(C(=O)CCNC(=O)c1cccs1)C1CC1. The van der Waals surface area contributed by atoms with Crippen molar-refractivity contribution < 1.29 is 9.59 Å². The van der Waals surface area contributed by atoms with Crippen LogP contribution in [-0.4, -0.2) is 35.3 Å². The van der Waals surface area contributed by atoms with Gasteiger partial charge < -0.3 is 10.2 Å². The maximum Gasteiger partial charge on any atom is 0.261 e. The molecule has 0 spiro atoms. The van der Waals surface area contributed by atoms with Crippen LogP contribution >= 0.6 is 11.3 Å². The summed E-state index contributed by atoms with van der Waals surface area (Å²) in [4.78, 5) is 26.5. The molecular formula is C14H20N2O2S. The zero-order valence-corrected chi connectivity index (χ0v) is 12.2. The summed E-state index contributed by atoms with van der Waals surface area (Å²) in [5.41, 5.74) is 0. The van der Waals surface area contributed by atoms with Crippen LogP contribution in [0, 0.1) is 0 Å². The molecule has 1 N–H and O–H groups in total. The average molecular weight is 280 g/mol. The minimum Gasteiger partial charge on any atom is -0.351 e. The molecule has 5 heteroatoms. The smallest absolute Gasteiger partial charge is 0.261 e. The molecule has 2 rings (SSSR count). The number of nitrogens with zero attached hydrogens (tertiary/aromatic N) is 1. The van der Waals surface area contributed by atoms with E-state index < -0.39 is 0 Å². The highest BCUT2D eigenvalue weighted by molar-refractivity contribution is 7.12. The van der Waals surface area contributed by atoms with Gasteiger partial charge in [0.05, 0.1) is 4.88 Å². The van der Waals surface area contributed by atoms with Gasteiger partial charge in [0, 0.05) is 25.0 Å². The number of nitrogens with one attached hydrogen (secondary N) is 1. The van der Waals surface area contributed by atoms with Crippen molar-refractivity contribution in [1.29, 1.82) is 0 Å². The number of carbonyl (C=O) groups excluding carboxylic acids is 2. The van der Waals surface area contributed by atoms with Gasteiger partial charge in [0.15, 0.2) is 0 Å². The number of thiophene rings is 1. The first-order valence-corrected chi connectivity index (χ1v) is 7.60. The first-order chi connectivity index (χ1) is 9.09. The van der Waals surface area contributed by atoms with Gasteiger partial charge in [-0.1, -0.05) is 6.07 Å². The van der Waals surface area contributed by atoms with Gasteiger partial charge in [0.25, 0.3) is 5.91 Å². The highest BCUT2D eigenvalue weighted by Crippen LogP contribution is 2.29. The zero-order chi connectivity index (χ0) is 13.8. The molecule has 1 fully saturated rings. The molecule has 1 aromatic rings. The summed E-state index contributed by atoms with van der Waals surface area (Å²) in [5.74, 6) is 0.0503. The molecule has 1 aromatic heterocycles. The van der Waals surface area contributed by atoms with Crippen molar-refractivity contribution in [2.45, 2.75) is 45.2 Å². The lowest BCUT2D eigenvalue weighted by atomic mass is 10.2. The van der Waals surface area contributed by atoms with Crippen LogP contribution in [0.3, 0.4) is 0 Å². The predicted octanol–water partition coefficient (Wildman–Crippen LogP) is 2.27. The van der Waals surface area contributed by atoms with Crippen molar-refractivity contribution >= 4 is 23.2 Å². The van der Waals surface area contributed by atoms with Gasteiger partial charge >= 0.3 is 0 Å². The second-order valence-electron chi connectivity index (χ2n) is 5.11. The van der Waals surface area contributed by atoms with Gasteiger partial charge in [-0.05, 0) is 38.1 Å². The predicted molar refractivity (Wildman–Crippen MR) is 76.3 cm³/mol. The fraction of sp³-hybridized carbons (Fsp3) is 0.571. The normalized spacial score (nSPS) is 14.5. The van der Waals surface area contributed by atoms with Crippen LogP contribution in [0.5, 0.6) is 0 Å². The quantitative estimate of drug-likeness (QED) is 0.869. The van der Waals surface area contributed by atoms with Gasteiger partial charge in [-0.25, -0.2) is 0 Å². The van der Waals surface area contributed by atoms with Gasteiger partial charge in [-0.2, -0.15) is 0 Å². The summed E-state index contributed by atoms with van der Waals surface area (Å²) in [6.45, 7) is 4.49. The molecule has 1 aliphatic rings. The van der Waals surface area contributed by atoms with Crippen LogP contribution in [0.15, 0.2) is 17.5 Å². The van der Waals surface area contributed by atoms with Crippen molar-refractivity contribution in [3.63, 3.8) is 0 Å². The van der Waals surface area contributed by atoms with Crippen LogP contribution in [0.4, 0.5) is 0 Å². The van der Waals surface area contributed by atoms with Crippen molar-refractivity contribution in [3.8, 4) is 0 Å². The Bertz CT molecular complexity index is 436. The molecule has 0 saturated heterocycles. The van der Waals surface area contributed by atoms with E-state index in [-0.39, 0.29) is 17.9 Å². The van der Waals surface area contributed by atoms with Crippen molar-refractivity contribution in [1.82, 2.24) is 10.2 Å². The minimum absolute atomic E-state index is 0.0923. The number of rotatable bonds is 6. The summed E-state index contributed by atoms with van der Waals surface area (Å²) in [5, 5.41) is 4.66. The molecule has 1 heterocycles. The molecule has 2 amide bonds. The number of amides is 2. The monoisotopic (exact) mass is 280 g/mol. The topological polar surface area (TPSA) is 49.4 Å². The van der Waals surface area contributed by atoms with E-state index in [1.165, 1.54) is 11.3 Å². The first kappa shape index (κ1) is 14.1. The summed E-state index contributed by atoms with van der Waals surface area (Å²) in [6.07, 6.45) is 2.61. The Kier molecular flexibility index (Phi) is 4.58. The molecule has 0 bridgehead atoms. The molecule has 0 radical (unpaired) electrons. The van der Waals surface area contributed by atoms with Crippen LogP contribution in [-0.2, 0) is 4.79 Å². The van der Waals surface area contributed by atoms with E-state index in [4.69, 9.17) is 0 Å². The Labute approximate surface area is 117 Å². The Balaban J connectivity index is 1.75. The summed E-state index contributed by atoms with van der Waals surface area (Å²) in [6, 6.07) is 4.30. The highest BCUT2D eigenvalue weighted by Gasteiger charge is 2.33. The van der Waals surface area contributed by atoms with E-state index in [1.54, 1.807) is 6.07 Å². The Hall–Kier alpha value is -1.36. The van der Waals surface area contributed by atoms with Gasteiger partial charge in [-0.3, -0.25) is 9.59 Å². The molecule has 0 aromatic carbocycles. The summed E-state index contributed by atoms with van der Waals surface area (Å²) in [7, 11) is 0. The molecule has 4 nitrogen and oxygen atoms in total. The molecule has 0 unspecified atom stereocenters. The highest BCUT2D eigenvalue weighted by atomic mass is 32.1. The van der Waals surface area contributed by atoms with Crippen molar-refractivity contribution in [3.05, 3.63) is 22.4 Å². The Morgan fingerprint density at radius 3 is 2.74 bits per heavy atom. The minimum atomic E-state index is -0.0923. The molecule has 0 aliphatic heterocycles. The molecule has 0 atom stereocenters. The lowest BCUT2D eigenvalue weighted by Gasteiger charge is -2.26. The number of hydrogen-bond acceptors (Lipinski definition) is 3. The first-order valence-electron chi connectivity index (χ1n) is 6.72.